The molecule has 1 aliphatic rings. The average molecular weight is 481 g/mol. The second kappa shape index (κ2) is 9.56. The zero-order chi connectivity index (χ0) is 24.4. The molecule has 4 rings (SSSR count). The predicted octanol–water partition coefficient (Wildman–Crippen LogP) is 2.52. The van der Waals surface area contributed by atoms with Crippen LogP contribution in [0.3, 0.4) is 0 Å². The van der Waals surface area contributed by atoms with Crippen LogP contribution < -0.4 is 24.4 Å². The zero-order valence-corrected chi connectivity index (χ0v) is 20.0. The molecule has 3 aromatic rings. The number of thiazole rings is 1. The number of carbonyl (C=O) groups excluding carboxylic acids is 1. The Balaban J connectivity index is 1.94. The maximum Gasteiger partial charge on any atom is 0.338 e. The van der Waals surface area contributed by atoms with E-state index in [1.54, 1.807) is 51.3 Å². The molecule has 0 amide bonds. The number of nitrogens with zero attached hydrogens (tertiary/aromatic N) is 2. The molecule has 34 heavy (non-hydrogen) atoms. The lowest BCUT2D eigenvalue weighted by Gasteiger charge is -2.25. The summed E-state index contributed by atoms with van der Waals surface area (Å²) in [6.07, 6.45) is 1.68. The minimum Gasteiger partial charge on any atom is -0.504 e. The number of aromatic hydroxyl groups is 1. The second-order valence-electron chi connectivity index (χ2n) is 7.51. The number of ether oxygens (including phenoxy) is 3. The topological polar surface area (TPSA) is 99.4 Å². The summed E-state index contributed by atoms with van der Waals surface area (Å²) in [5.74, 6) is 0.391. The van der Waals surface area contributed by atoms with Crippen LogP contribution in [0.2, 0.25) is 0 Å². The van der Waals surface area contributed by atoms with Crippen molar-refractivity contribution in [2.45, 2.75) is 19.9 Å². The standard InChI is InChI=1S/C25H24N2O6S/c1-5-33-24(30)21-14(2)26-25-27(22(21)16-7-6-8-17(13-16)31-3)23(29)20(34-25)12-15-9-10-19(32-4)18(28)11-15/h6-13,22,28H,5H2,1-4H3/t22-/m0/s1. The summed E-state index contributed by atoms with van der Waals surface area (Å²) in [5.41, 5.74) is 1.81. The molecule has 9 heteroatoms. The van der Waals surface area contributed by atoms with E-state index in [1.165, 1.54) is 29.1 Å². The van der Waals surface area contributed by atoms with E-state index in [0.29, 0.717) is 43.2 Å². The molecule has 0 spiro atoms. The van der Waals surface area contributed by atoms with Crippen LogP contribution in [-0.2, 0) is 9.53 Å². The Morgan fingerprint density at radius 2 is 2.00 bits per heavy atom. The third kappa shape index (κ3) is 4.22. The number of rotatable bonds is 6. The van der Waals surface area contributed by atoms with Crippen LogP contribution in [0, 0.1) is 0 Å². The van der Waals surface area contributed by atoms with E-state index in [-0.39, 0.29) is 17.9 Å². The minimum atomic E-state index is -0.725. The van der Waals surface area contributed by atoms with Crippen molar-refractivity contribution >= 4 is 23.4 Å². The monoisotopic (exact) mass is 480 g/mol. The highest BCUT2D eigenvalue weighted by Crippen LogP contribution is 2.32. The minimum absolute atomic E-state index is 0.0290. The highest BCUT2D eigenvalue weighted by molar-refractivity contribution is 7.07. The van der Waals surface area contributed by atoms with Crippen LogP contribution >= 0.6 is 11.3 Å². The van der Waals surface area contributed by atoms with Gasteiger partial charge in [-0.3, -0.25) is 9.36 Å². The van der Waals surface area contributed by atoms with Gasteiger partial charge in [0.05, 0.1) is 42.7 Å². The number of hydrogen-bond acceptors (Lipinski definition) is 8. The summed E-state index contributed by atoms with van der Waals surface area (Å²) >= 11 is 1.21. The molecule has 2 heterocycles. The summed E-state index contributed by atoms with van der Waals surface area (Å²) in [6, 6.07) is 11.4. The van der Waals surface area contributed by atoms with Gasteiger partial charge in [0.15, 0.2) is 16.3 Å². The van der Waals surface area contributed by atoms with Gasteiger partial charge in [-0.25, -0.2) is 9.79 Å². The van der Waals surface area contributed by atoms with E-state index in [1.807, 2.05) is 12.1 Å². The number of carbonyl (C=O) groups is 1. The highest BCUT2D eigenvalue weighted by atomic mass is 32.1. The lowest BCUT2D eigenvalue weighted by molar-refractivity contribution is -0.139. The summed E-state index contributed by atoms with van der Waals surface area (Å²) in [4.78, 5) is 31.5. The van der Waals surface area contributed by atoms with Gasteiger partial charge in [0.2, 0.25) is 0 Å². The van der Waals surface area contributed by atoms with Gasteiger partial charge in [0, 0.05) is 0 Å². The fourth-order valence-corrected chi connectivity index (χ4v) is 4.91. The Bertz CT molecular complexity index is 1470. The first-order valence-electron chi connectivity index (χ1n) is 10.6. The smallest absolute Gasteiger partial charge is 0.338 e. The van der Waals surface area contributed by atoms with E-state index in [4.69, 9.17) is 14.2 Å². The molecule has 1 N–H and O–H groups in total. The zero-order valence-electron chi connectivity index (χ0n) is 19.2. The van der Waals surface area contributed by atoms with E-state index >= 15 is 0 Å². The Kier molecular flexibility index (Phi) is 6.56. The van der Waals surface area contributed by atoms with Crippen molar-refractivity contribution in [1.29, 1.82) is 0 Å². The maximum atomic E-state index is 13.6. The molecule has 1 aromatic heterocycles. The highest BCUT2D eigenvalue weighted by Gasteiger charge is 2.33. The third-order valence-corrected chi connectivity index (χ3v) is 6.41. The van der Waals surface area contributed by atoms with Gasteiger partial charge >= 0.3 is 5.97 Å². The van der Waals surface area contributed by atoms with E-state index in [9.17, 15) is 14.7 Å². The van der Waals surface area contributed by atoms with E-state index in [2.05, 4.69) is 4.99 Å². The van der Waals surface area contributed by atoms with Gasteiger partial charge < -0.3 is 19.3 Å². The van der Waals surface area contributed by atoms with E-state index < -0.39 is 12.0 Å². The number of allylic oxidation sites excluding steroid dienone is 1. The lowest BCUT2D eigenvalue weighted by atomic mass is 9.95. The summed E-state index contributed by atoms with van der Waals surface area (Å²) in [6.45, 7) is 3.66. The van der Waals surface area contributed by atoms with Crippen LogP contribution in [-0.4, -0.2) is 36.5 Å². The van der Waals surface area contributed by atoms with Crippen molar-refractivity contribution in [2.24, 2.45) is 4.99 Å². The largest absolute Gasteiger partial charge is 0.504 e. The van der Waals surface area contributed by atoms with Crippen molar-refractivity contribution in [3.8, 4) is 17.2 Å². The predicted molar refractivity (Wildman–Crippen MR) is 128 cm³/mol. The Morgan fingerprint density at radius 1 is 1.21 bits per heavy atom. The van der Waals surface area contributed by atoms with Crippen molar-refractivity contribution in [2.75, 3.05) is 20.8 Å². The summed E-state index contributed by atoms with van der Waals surface area (Å²) in [5, 5.41) is 10.1. The molecule has 0 radical (unpaired) electrons. The van der Waals surface area contributed by atoms with Crippen LogP contribution in [0.5, 0.6) is 17.2 Å². The Morgan fingerprint density at radius 3 is 2.68 bits per heavy atom. The number of aromatic nitrogens is 1. The quantitative estimate of drug-likeness (QED) is 0.545. The first-order valence-corrected chi connectivity index (χ1v) is 11.4. The number of phenolic OH excluding ortho intramolecular Hbond substituents is 1. The Labute approximate surface area is 199 Å². The maximum absolute atomic E-state index is 13.6. The first-order chi connectivity index (χ1) is 16.4. The number of methoxy groups -OCH3 is 2. The fraction of sp³-hybridized carbons (Fsp3) is 0.240. The van der Waals surface area contributed by atoms with Crippen LogP contribution in [0.25, 0.3) is 6.08 Å². The fourth-order valence-electron chi connectivity index (χ4n) is 3.87. The number of hydrogen-bond donors (Lipinski definition) is 1. The molecule has 0 unspecified atom stereocenters. The molecular weight excluding hydrogens is 456 g/mol. The van der Waals surface area contributed by atoms with Crippen LogP contribution in [0.4, 0.5) is 0 Å². The van der Waals surface area contributed by atoms with Crippen molar-refractivity contribution < 1.29 is 24.1 Å². The van der Waals surface area contributed by atoms with Crippen LogP contribution in [0.15, 0.2) is 63.5 Å². The first kappa shape index (κ1) is 23.3. The van der Waals surface area contributed by atoms with Gasteiger partial charge in [0.1, 0.15) is 5.75 Å². The van der Waals surface area contributed by atoms with E-state index in [0.717, 1.165) is 0 Å². The van der Waals surface area contributed by atoms with Crippen molar-refractivity contribution in [1.82, 2.24) is 4.57 Å². The Hall–Kier alpha value is -3.85. The molecule has 2 aromatic carbocycles. The average Bonchev–Trinajstić information content (AvgIpc) is 3.12. The molecular formula is C25H24N2O6S. The molecule has 1 aliphatic heterocycles. The number of phenols is 1. The summed E-state index contributed by atoms with van der Waals surface area (Å²) in [7, 11) is 3.02. The normalized spacial score (nSPS) is 15.5. The summed E-state index contributed by atoms with van der Waals surface area (Å²) < 4.78 is 17.7. The molecule has 0 bridgehead atoms. The molecule has 0 aliphatic carbocycles. The van der Waals surface area contributed by atoms with Gasteiger partial charge in [-0.1, -0.05) is 29.5 Å². The second-order valence-corrected chi connectivity index (χ2v) is 8.52. The SMILES string of the molecule is CCOC(=O)C1=C(C)N=c2sc(=Cc3ccc(OC)c(O)c3)c(=O)n2[C@H]1c1cccc(OC)c1. The molecule has 176 valence electrons. The molecule has 0 saturated heterocycles. The molecule has 1 atom stereocenters. The lowest BCUT2D eigenvalue weighted by Crippen LogP contribution is -2.39. The molecule has 8 nitrogen and oxygen atoms in total. The van der Waals surface area contributed by atoms with Crippen LogP contribution in [0.1, 0.15) is 31.0 Å². The molecule has 0 fully saturated rings. The van der Waals surface area contributed by atoms with Gasteiger partial charge in [-0.15, -0.1) is 0 Å². The van der Waals surface area contributed by atoms with Gasteiger partial charge in [-0.2, -0.15) is 0 Å². The number of esters is 1. The molecule has 0 saturated carbocycles. The van der Waals surface area contributed by atoms with Crippen molar-refractivity contribution in [3.63, 3.8) is 0 Å². The number of fused-ring (bicyclic) bond motifs is 1. The number of benzene rings is 2. The third-order valence-electron chi connectivity index (χ3n) is 5.43. The van der Waals surface area contributed by atoms with Gasteiger partial charge in [0.25, 0.3) is 5.56 Å². The van der Waals surface area contributed by atoms with Gasteiger partial charge in [-0.05, 0) is 55.3 Å². The van der Waals surface area contributed by atoms with Crippen molar-refractivity contribution in [3.05, 3.63) is 84.5 Å².